The Morgan fingerprint density at radius 3 is 2.38 bits per heavy atom. The Kier molecular flexibility index (Phi) is 5.46. The molecule has 0 unspecified atom stereocenters. The van der Waals surface area contributed by atoms with E-state index < -0.39 is 10.0 Å². The molecular weight excluding hydrogens is 386 g/mol. The number of piperazine rings is 1. The van der Waals surface area contributed by atoms with Gasteiger partial charge in [0.15, 0.2) is 5.58 Å². The predicted octanol–water partition coefficient (Wildman–Crippen LogP) is 3.77. The Labute approximate surface area is 172 Å². The summed E-state index contributed by atoms with van der Waals surface area (Å²) < 4.78 is 33.3. The molecule has 1 saturated heterocycles. The number of aromatic nitrogens is 1. The smallest absolute Gasteiger partial charge is 0.243 e. The van der Waals surface area contributed by atoms with Crippen molar-refractivity contribution < 1.29 is 12.8 Å². The lowest BCUT2D eigenvalue weighted by molar-refractivity contribution is 0.169. The van der Waals surface area contributed by atoms with E-state index >= 15 is 0 Å². The molecule has 0 aliphatic carbocycles. The fourth-order valence-electron chi connectivity index (χ4n) is 3.65. The first-order valence-electron chi connectivity index (χ1n) is 10.0. The maximum atomic E-state index is 13.0. The second kappa shape index (κ2) is 7.89. The molecule has 0 N–H and O–H groups in total. The third-order valence-electron chi connectivity index (χ3n) is 5.46. The summed E-state index contributed by atoms with van der Waals surface area (Å²) in [6.07, 6.45) is 0. The van der Waals surface area contributed by atoms with Crippen molar-refractivity contribution in [3.8, 4) is 0 Å². The summed E-state index contributed by atoms with van der Waals surface area (Å²) in [5.41, 5.74) is 3.95. The maximum Gasteiger partial charge on any atom is 0.243 e. The van der Waals surface area contributed by atoms with Gasteiger partial charge in [-0.05, 0) is 48.2 Å². The fraction of sp³-hybridized carbons (Fsp3) is 0.409. The minimum Gasteiger partial charge on any atom is -0.439 e. The Morgan fingerprint density at radius 2 is 1.72 bits per heavy atom. The lowest BCUT2D eigenvalue weighted by atomic mass is 10.0. The summed E-state index contributed by atoms with van der Waals surface area (Å²) in [7, 11) is -3.46. The van der Waals surface area contributed by atoms with Crippen LogP contribution in [0.1, 0.15) is 36.8 Å². The maximum absolute atomic E-state index is 13.0. The molecule has 3 aromatic rings. The summed E-state index contributed by atoms with van der Waals surface area (Å²) in [5.74, 6) is 1.05. The fourth-order valence-corrected chi connectivity index (χ4v) is 5.07. The summed E-state index contributed by atoms with van der Waals surface area (Å²) in [6, 6.07) is 13.2. The van der Waals surface area contributed by atoms with Crippen LogP contribution in [-0.4, -0.2) is 48.8 Å². The van der Waals surface area contributed by atoms with Crippen LogP contribution >= 0.6 is 0 Å². The Balaban J connectivity index is 1.40. The number of rotatable bonds is 5. The van der Waals surface area contributed by atoms with E-state index in [1.807, 2.05) is 37.3 Å². The van der Waals surface area contributed by atoms with Crippen LogP contribution in [0.15, 0.2) is 51.8 Å². The first kappa shape index (κ1) is 20.1. The van der Waals surface area contributed by atoms with Gasteiger partial charge in [0.2, 0.25) is 15.9 Å². The number of hydrogen-bond donors (Lipinski definition) is 0. The predicted molar refractivity (Wildman–Crippen MR) is 113 cm³/mol. The van der Waals surface area contributed by atoms with Crippen molar-refractivity contribution in [2.24, 2.45) is 0 Å². The highest BCUT2D eigenvalue weighted by Gasteiger charge is 2.29. The molecule has 0 saturated carbocycles. The normalized spacial score (nSPS) is 16.7. The molecule has 0 bridgehead atoms. The number of nitrogens with zero attached hydrogens (tertiary/aromatic N) is 3. The number of hydrogen-bond acceptors (Lipinski definition) is 5. The van der Waals surface area contributed by atoms with Gasteiger partial charge in [0.1, 0.15) is 5.52 Å². The van der Waals surface area contributed by atoms with Crippen LogP contribution in [0.3, 0.4) is 0 Å². The largest absolute Gasteiger partial charge is 0.439 e. The molecule has 1 aliphatic rings. The van der Waals surface area contributed by atoms with Crippen molar-refractivity contribution in [2.45, 2.75) is 38.1 Å². The average Bonchev–Trinajstić information content (AvgIpc) is 3.09. The molecule has 0 spiro atoms. The average molecular weight is 414 g/mol. The lowest BCUT2D eigenvalue weighted by Crippen LogP contribution is -2.48. The van der Waals surface area contributed by atoms with Gasteiger partial charge in [0.05, 0.1) is 11.4 Å². The van der Waals surface area contributed by atoms with Crippen LogP contribution in [0.25, 0.3) is 11.1 Å². The van der Waals surface area contributed by atoms with E-state index in [9.17, 15) is 8.42 Å². The van der Waals surface area contributed by atoms with Gasteiger partial charge in [-0.25, -0.2) is 13.4 Å². The van der Waals surface area contributed by atoms with Crippen molar-refractivity contribution in [1.82, 2.24) is 14.2 Å². The zero-order valence-corrected chi connectivity index (χ0v) is 17.9. The molecule has 6 nitrogen and oxygen atoms in total. The van der Waals surface area contributed by atoms with Crippen LogP contribution in [0.4, 0.5) is 0 Å². The highest BCUT2D eigenvalue weighted by Crippen LogP contribution is 2.22. The molecule has 1 fully saturated rings. The van der Waals surface area contributed by atoms with Gasteiger partial charge in [0.25, 0.3) is 0 Å². The second-order valence-corrected chi connectivity index (χ2v) is 9.92. The summed E-state index contributed by atoms with van der Waals surface area (Å²) in [5, 5.41) is 0. The molecule has 1 aromatic heterocycles. The van der Waals surface area contributed by atoms with Crippen LogP contribution in [0.5, 0.6) is 0 Å². The van der Waals surface area contributed by atoms with Crippen LogP contribution in [0, 0.1) is 6.92 Å². The van der Waals surface area contributed by atoms with E-state index in [0.717, 1.165) is 22.2 Å². The second-order valence-electron chi connectivity index (χ2n) is 7.98. The lowest BCUT2D eigenvalue weighted by Gasteiger charge is -2.33. The van der Waals surface area contributed by atoms with Crippen molar-refractivity contribution in [2.75, 3.05) is 26.2 Å². The molecule has 2 aromatic carbocycles. The third-order valence-corrected chi connectivity index (χ3v) is 7.37. The van der Waals surface area contributed by atoms with Gasteiger partial charge in [-0.1, -0.05) is 32.0 Å². The zero-order chi connectivity index (χ0) is 20.6. The molecule has 0 radical (unpaired) electrons. The number of benzene rings is 2. The topological polar surface area (TPSA) is 66.7 Å². The number of sulfonamides is 1. The molecule has 154 valence electrons. The molecule has 0 amide bonds. The van der Waals surface area contributed by atoms with E-state index in [-0.39, 0.29) is 0 Å². The van der Waals surface area contributed by atoms with E-state index in [0.29, 0.717) is 49.4 Å². The summed E-state index contributed by atoms with van der Waals surface area (Å²) in [4.78, 5) is 7.12. The molecule has 2 heterocycles. The monoisotopic (exact) mass is 413 g/mol. The first-order chi connectivity index (χ1) is 13.8. The molecule has 1 aliphatic heterocycles. The molecule has 4 rings (SSSR count). The summed E-state index contributed by atoms with van der Waals surface area (Å²) >= 11 is 0. The van der Waals surface area contributed by atoms with Gasteiger partial charge in [-0.15, -0.1) is 0 Å². The Hall–Kier alpha value is -2.22. The minimum atomic E-state index is -3.46. The molecule has 7 heteroatoms. The molecule has 29 heavy (non-hydrogen) atoms. The highest BCUT2D eigenvalue weighted by molar-refractivity contribution is 7.89. The van der Waals surface area contributed by atoms with Gasteiger partial charge in [-0.3, -0.25) is 4.90 Å². The Bertz CT molecular complexity index is 1100. The van der Waals surface area contributed by atoms with Crippen molar-refractivity contribution >= 4 is 21.1 Å². The van der Waals surface area contributed by atoms with Gasteiger partial charge in [0, 0.05) is 26.2 Å². The number of oxazole rings is 1. The highest BCUT2D eigenvalue weighted by atomic mass is 32.2. The van der Waals surface area contributed by atoms with E-state index in [1.165, 1.54) is 0 Å². The van der Waals surface area contributed by atoms with E-state index in [4.69, 9.17) is 4.42 Å². The Morgan fingerprint density at radius 1 is 1.03 bits per heavy atom. The van der Waals surface area contributed by atoms with Crippen molar-refractivity contribution in [3.63, 3.8) is 0 Å². The standard InChI is InChI=1S/C22H27N3O3S/c1-16(2)18-5-7-19(8-6-18)29(26,27)25-12-10-24(11-13-25)15-22-23-20-14-17(3)4-9-21(20)28-22/h4-9,14,16H,10-13,15H2,1-3H3. The summed E-state index contributed by atoms with van der Waals surface area (Å²) in [6.45, 7) is 9.05. The number of aryl methyl sites for hydroxylation is 1. The number of fused-ring (bicyclic) bond motifs is 1. The van der Waals surface area contributed by atoms with Gasteiger partial charge >= 0.3 is 0 Å². The SMILES string of the molecule is Cc1ccc2oc(CN3CCN(S(=O)(=O)c4ccc(C(C)C)cc4)CC3)nc2c1. The van der Waals surface area contributed by atoms with E-state index in [1.54, 1.807) is 16.4 Å². The minimum absolute atomic E-state index is 0.365. The van der Waals surface area contributed by atoms with Crippen LogP contribution < -0.4 is 0 Å². The first-order valence-corrected chi connectivity index (χ1v) is 11.5. The van der Waals surface area contributed by atoms with Crippen LogP contribution in [0.2, 0.25) is 0 Å². The zero-order valence-electron chi connectivity index (χ0n) is 17.1. The van der Waals surface area contributed by atoms with Gasteiger partial charge < -0.3 is 4.42 Å². The molecule has 0 atom stereocenters. The quantitative estimate of drug-likeness (QED) is 0.637. The molecular formula is C22H27N3O3S. The van der Waals surface area contributed by atoms with Crippen molar-refractivity contribution in [3.05, 3.63) is 59.5 Å². The van der Waals surface area contributed by atoms with Crippen molar-refractivity contribution in [1.29, 1.82) is 0 Å². The van der Waals surface area contributed by atoms with Crippen LogP contribution in [-0.2, 0) is 16.6 Å². The third kappa shape index (κ3) is 4.22. The van der Waals surface area contributed by atoms with Gasteiger partial charge in [-0.2, -0.15) is 4.31 Å². The van der Waals surface area contributed by atoms with E-state index in [2.05, 4.69) is 23.7 Å².